The van der Waals surface area contributed by atoms with Gasteiger partial charge in [-0.1, -0.05) is 6.08 Å². The van der Waals surface area contributed by atoms with E-state index in [1.807, 2.05) is 0 Å². The van der Waals surface area contributed by atoms with Crippen LogP contribution in [0.3, 0.4) is 0 Å². The summed E-state index contributed by atoms with van der Waals surface area (Å²) in [6.45, 7) is 4.17. The van der Waals surface area contributed by atoms with Crippen LogP contribution in [0.2, 0.25) is 0 Å². The normalized spacial score (nSPS) is 8.17. The molecular formula is C5H9O. The van der Waals surface area contributed by atoms with E-state index >= 15 is 0 Å². The highest BCUT2D eigenvalue weighted by Crippen LogP contribution is 1.77. The lowest BCUT2D eigenvalue weighted by atomic mass is 10.5. The molecule has 0 aliphatic heterocycles. The Morgan fingerprint density at radius 2 is 2.33 bits per heavy atom. The topological polar surface area (TPSA) is 9.23 Å². The Balaban J connectivity index is 2.49. The predicted molar refractivity (Wildman–Crippen MR) is 26.1 cm³/mol. The Bertz CT molecular complexity index is 32.9. The third-order valence-electron chi connectivity index (χ3n) is 0.466. The Labute approximate surface area is 38.6 Å². The molecule has 0 amide bonds. The van der Waals surface area contributed by atoms with Crippen LogP contribution in [0.5, 0.6) is 0 Å². The molecule has 0 atom stereocenters. The van der Waals surface area contributed by atoms with Crippen LogP contribution in [-0.4, -0.2) is 6.61 Å². The molecule has 1 radical (unpaired) electrons. The van der Waals surface area contributed by atoms with Crippen LogP contribution in [0.25, 0.3) is 0 Å². The van der Waals surface area contributed by atoms with Gasteiger partial charge in [0.2, 0.25) is 0 Å². The van der Waals surface area contributed by atoms with Gasteiger partial charge in [0.1, 0.15) is 0 Å². The zero-order valence-corrected chi connectivity index (χ0v) is 3.81. The summed E-state index contributed by atoms with van der Waals surface area (Å²) in [7, 11) is 3.18. The SMILES string of the molecule is [CH2]OCCC=C. The van der Waals surface area contributed by atoms with Gasteiger partial charge in [-0.15, -0.1) is 6.58 Å². The molecule has 0 fully saturated rings. The van der Waals surface area contributed by atoms with Crippen molar-refractivity contribution in [1.29, 1.82) is 0 Å². The first kappa shape index (κ1) is 5.70. The molecule has 0 saturated carbocycles. The van der Waals surface area contributed by atoms with Crippen LogP contribution < -0.4 is 0 Å². The third-order valence-corrected chi connectivity index (χ3v) is 0.466. The van der Waals surface area contributed by atoms with Gasteiger partial charge in [0.15, 0.2) is 0 Å². The monoisotopic (exact) mass is 85.1 g/mol. The summed E-state index contributed by atoms with van der Waals surface area (Å²) in [4.78, 5) is 0. The van der Waals surface area contributed by atoms with Crippen molar-refractivity contribution in [3.05, 3.63) is 19.8 Å². The second-order valence-corrected chi connectivity index (χ2v) is 0.986. The maximum Gasteiger partial charge on any atom is 0.0700 e. The molecule has 0 aromatic rings. The smallest absolute Gasteiger partial charge is 0.0700 e. The minimum atomic E-state index is 0.684. The molecule has 0 aliphatic carbocycles. The van der Waals surface area contributed by atoms with E-state index in [-0.39, 0.29) is 0 Å². The third kappa shape index (κ3) is 3.70. The van der Waals surface area contributed by atoms with Crippen LogP contribution in [0.1, 0.15) is 6.42 Å². The van der Waals surface area contributed by atoms with Crippen molar-refractivity contribution in [3.8, 4) is 0 Å². The molecule has 1 nitrogen and oxygen atoms in total. The van der Waals surface area contributed by atoms with Gasteiger partial charge in [-0.25, -0.2) is 0 Å². The first-order chi connectivity index (χ1) is 2.91. The van der Waals surface area contributed by atoms with Gasteiger partial charge in [-0.3, -0.25) is 0 Å². The Hall–Kier alpha value is -0.300. The largest absolute Gasteiger partial charge is 0.379 e. The Morgan fingerprint density at radius 1 is 1.67 bits per heavy atom. The number of ether oxygens (including phenoxy) is 1. The van der Waals surface area contributed by atoms with E-state index in [2.05, 4.69) is 18.4 Å². The van der Waals surface area contributed by atoms with E-state index < -0.39 is 0 Å². The molecule has 0 heterocycles. The van der Waals surface area contributed by atoms with E-state index in [4.69, 9.17) is 0 Å². The van der Waals surface area contributed by atoms with E-state index in [0.29, 0.717) is 6.61 Å². The quantitative estimate of drug-likeness (QED) is 0.371. The summed E-state index contributed by atoms with van der Waals surface area (Å²) >= 11 is 0. The van der Waals surface area contributed by atoms with Crippen LogP contribution in [0.4, 0.5) is 0 Å². The van der Waals surface area contributed by atoms with Gasteiger partial charge in [-0.05, 0) is 6.42 Å². The van der Waals surface area contributed by atoms with Crippen LogP contribution in [0, 0.1) is 7.11 Å². The first-order valence-corrected chi connectivity index (χ1v) is 1.89. The second-order valence-electron chi connectivity index (χ2n) is 0.986. The molecule has 35 valence electrons. The van der Waals surface area contributed by atoms with Crippen molar-refractivity contribution in [3.63, 3.8) is 0 Å². The molecule has 1 heteroatoms. The minimum absolute atomic E-state index is 0.684. The molecule has 0 spiro atoms. The molecule has 0 unspecified atom stereocenters. The van der Waals surface area contributed by atoms with Crippen molar-refractivity contribution < 1.29 is 4.74 Å². The van der Waals surface area contributed by atoms with E-state index in [0.717, 1.165) is 6.42 Å². The summed E-state index contributed by atoms with van der Waals surface area (Å²) in [5, 5.41) is 0. The van der Waals surface area contributed by atoms with Crippen LogP contribution in [-0.2, 0) is 4.74 Å². The lowest BCUT2D eigenvalue weighted by molar-refractivity contribution is 0.249. The molecule has 0 rings (SSSR count). The van der Waals surface area contributed by atoms with Gasteiger partial charge in [0.25, 0.3) is 0 Å². The number of hydrogen-bond acceptors (Lipinski definition) is 1. The molecule has 0 aromatic carbocycles. The molecular weight excluding hydrogens is 76.1 g/mol. The summed E-state index contributed by atoms with van der Waals surface area (Å²) in [5.41, 5.74) is 0. The summed E-state index contributed by atoms with van der Waals surface area (Å²) in [6.07, 6.45) is 2.69. The second kappa shape index (κ2) is 4.70. The highest BCUT2D eigenvalue weighted by molar-refractivity contribution is 4.64. The summed E-state index contributed by atoms with van der Waals surface area (Å²) in [6, 6.07) is 0. The minimum Gasteiger partial charge on any atom is -0.379 e. The Morgan fingerprint density at radius 3 is 2.50 bits per heavy atom. The highest BCUT2D eigenvalue weighted by Gasteiger charge is 1.70. The maximum absolute atomic E-state index is 4.46. The molecule has 6 heavy (non-hydrogen) atoms. The van der Waals surface area contributed by atoms with Gasteiger partial charge < -0.3 is 4.74 Å². The van der Waals surface area contributed by atoms with E-state index in [1.165, 1.54) is 0 Å². The first-order valence-electron chi connectivity index (χ1n) is 1.89. The van der Waals surface area contributed by atoms with E-state index in [1.54, 1.807) is 6.08 Å². The van der Waals surface area contributed by atoms with Crippen LogP contribution >= 0.6 is 0 Å². The highest BCUT2D eigenvalue weighted by atomic mass is 16.5. The summed E-state index contributed by atoms with van der Waals surface area (Å²) < 4.78 is 4.46. The van der Waals surface area contributed by atoms with Crippen molar-refractivity contribution in [1.82, 2.24) is 0 Å². The average Bonchev–Trinajstić information content (AvgIpc) is 1.61. The van der Waals surface area contributed by atoms with E-state index in [9.17, 15) is 0 Å². The van der Waals surface area contributed by atoms with Crippen LogP contribution in [0.15, 0.2) is 12.7 Å². The standard InChI is InChI=1S/C5H9O/c1-3-4-5-6-2/h3H,1-2,4-5H2. The van der Waals surface area contributed by atoms with Crippen molar-refractivity contribution in [2.24, 2.45) is 0 Å². The van der Waals surface area contributed by atoms with Gasteiger partial charge >= 0.3 is 0 Å². The average molecular weight is 85.1 g/mol. The lowest BCUT2D eigenvalue weighted by Crippen LogP contribution is -1.79. The molecule has 0 aliphatic rings. The van der Waals surface area contributed by atoms with Crippen molar-refractivity contribution in [2.45, 2.75) is 6.42 Å². The number of hydrogen-bond donors (Lipinski definition) is 0. The van der Waals surface area contributed by atoms with Crippen molar-refractivity contribution >= 4 is 0 Å². The van der Waals surface area contributed by atoms with Gasteiger partial charge in [0, 0.05) is 0 Å². The fourth-order valence-corrected chi connectivity index (χ4v) is 0.167. The fraction of sp³-hybridized carbons (Fsp3) is 0.400. The zero-order chi connectivity index (χ0) is 4.83. The van der Waals surface area contributed by atoms with Crippen molar-refractivity contribution in [2.75, 3.05) is 6.61 Å². The predicted octanol–water partition coefficient (Wildman–Crippen LogP) is 1.37. The lowest BCUT2D eigenvalue weighted by Gasteiger charge is -1.85. The molecule has 0 bridgehead atoms. The van der Waals surface area contributed by atoms with Gasteiger partial charge in [0.05, 0.1) is 13.7 Å². The Kier molecular flexibility index (Phi) is 4.46. The maximum atomic E-state index is 4.46. The molecule has 0 aromatic heterocycles. The summed E-state index contributed by atoms with van der Waals surface area (Å²) in [5.74, 6) is 0. The zero-order valence-electron chi connectivity index (χ0n) is 3.81. The molecule has 0 saturated heterocycles. The molecule has 0 N–H and O–H groups in total. The number of rotatable bonds is 3. The fourth-order valence-electron chi connectivity index (χ4n) is 0.167. The van der Waals surface area contributed by atoms with Gasteiger partial charge in [-0.2, -0.15) is 0 Å².